The van der Waals surface area contributed by atoms with Crippen LogP contribution in [0.25, 0.3) is 0 Å². The monoisotopic (exact) mass is 162 g/mol. The lowest BCUT2D eigenvalue weighted by Gasteiger charge is -2.09. The molecule has 0 aromatic carbocycles. The number of carbonyl (C=O) groups excluding carboxylic acids is 1. The Kier molecular flexibility index (Phi) is 1.91. The summed E-state index contributed by atoms with van der Waals surface area (Å²) in [5.41, 5.74) is 4.85. The fourth-order valence-corrected chi connectivity index (χ4v) is 0.558. The van der Waals surface area contributed by atoms with Crippen molar-refractivity contribution >= 4 is 18.8 Å². The topological polar surface area (TPSA) is 64.8 Å². The third-order valence-electron chi connectivity index (χ3n) is 0.877. The summed E-state index contributed by atoms with van der Waals surface area (Å²) in [6.45, 7) is 0.0969. The maximum Gasteiger partial charge on any atom is 0.331 e. The Bertz CT molecular complexity index is 181. The molecular weight excluding hydrogens is 156 g/mol. The molecule has 0 saturated heterocycles. The summed E-state index contributed by atoms with van der Waals surface area (Å²) in [5.74, 6) is 0.204. The molecule has 2 N–H and O–H groups in total. The van der Waals surface area contributed by atoms with Crippen molar-refractivity contribution in [2.24, 2.45) is 5.73 Å². The number of amides is 2. The number of thiol groups is 1. The first-order valence-electron chi connectivity index (χ1n) is 2.45. The number of rotatable bonds is 1. The average Bonchev–Trinajstić information content (AvgIpc) is 2.36. The van der Waals surface area contributed by atoms with Gasteiger partial charge in [0.05, 0.1) is 0 Å². The molecule has 1 aliphatic rings. The summed E-state index contributed by atoms with van der Waals surface area (Å²) < 4.78 is 10.3. The predicted molar refractivity (Wildman–Crippen MR) is 35.5 cm³/mol. The van der Waals surface area contributed by atoms with Gasteiger partial charge in [0.1, 0.15) is 6.26 Å². The highest BCUT2D eigenvalue weighted by Crippen LogP contribution is 2.13. The van der Waals surface area contributed by atoms with E-state index in [1.807, 2.05) is 0 Å². The van der Waals surface area contributed by atoms with Gasteiger partial charge >= 0.3 is 6.03 Å². The van der Waals surface area contributed by atoms with Crippen molar-refractivity contribution in [2.45, 2.75) is 0 Å². The Balaban J connectivity index is 2.55. The highest BCUT2D eigenvalue weighted by Gasteiger charge is 2.16. The van der Waals surface area contributed by atoms with Crippen LogP contribution in [0.4, 0.5) is 4.79 Å². The van der Waals surface area contributed by atoms with Crippen LogP contribution in [-0.2, 0) is 9.47 Å². The van der Waals surface area contributed by atoms with E-state index in [0.717, 1.165) is 4.31 Å². The molecular formula is C4H6N2O3S. The molecule has 1 aliphatic heterocycles. The highest BCUT2D eigenvalue weighted by molar-refractivity contribution is 7.78. The van der Waals surface area contributed by atoms with Gasteiger partial charge in [0.25, 0.3) is 0 Å². The first kappa shape index (κ1) is 7.07. The van der Waals surface area contributed by atoms with Crippen molar-refractivity contribution in [1.82, 2.24) is 4.31 Å². The van der Waals surface area contributed by atoms with Gasteiger partial charge in [-0.3, -0.25) is 0 Å². The van der Waals surface area contributed by atoms with Gasteiger partial charge in [0.2, 0.25) is 12.7 Å². The predicted octanol–water partition coefficient (Wildman–Crippen LogP) is 0.0151. The Morgan fingerprint density at radius 2 is 2.60 bits per heavy atom. The molecule has 0 aliphatic carbocycles. The van der Waals surface area contributed by atoms with E-state index in [2.05, 4.69) is 17.6 Å². The summed E-state index contributed by atoms with van der Waals surface area (Å²) in [7, 11) is 0. The van der Waals surface area contributed by atoms with Gasteiger partial charge < -0.3 is 15.2 Å². The van der Waals surface area contributed by atoms with Crippen LogP contribution in [0.5, 0.6) is 0 Å². The number of carbonyl (C=O) groups is 1. The van der Waals surface area contributed by atoms with E-state index < -0.39 is 6.03 Å². The molecule has 0 bridgehead atoms. The number of primary amides is 1. The van der Waals surface area contributed by atoms with Crippen molar-refractivity contribution in [3.8, 4) is 0 Å². The number of hydrogen-bond donors (Lipinski definition) is 2. The minimum Gasteiger partial charge on any atom is -0.459 e. The zero-order valence-corrected chi connectivity index (χ0v) is 5.88. The highest BCUT2D eigenvalue weighted by atomic mass is 32.1. The van der Waals surface area contributed by atoms with E-state index in [4.69, 9.17) is 10.5 Å². The van der Waals surface area contributed by atoms with Crippen LogP contribution in [0.15, 0.2) is 12.1 Å². The summed E-state index contributed by atoms with van der Waals surface area (Å²) >= 11 is 3.71. The molecule has 5 nitrogen and oxygen atoms in total. The molecule has 0 spiro atoms. The number of hydrogen-bond acceptors (Lipinski definition) is 4. The number of nitrogens with zero attached hydrogens (tertiary/aromatic N) is 1. The van der Waals surface area contributed by atoms with Gasteiger partial charge in [-0.1, -0.05) is 12.8 Å². The lowest BCUT2D eigenvalue weighted by atomic mass is 10.8. The zero-order valence-electron chi connectivity index (χ0n) is 4.98. The van der Waals surface area contributed by atoms with Crippen molar-refractivity contribution < 1.29 is 14.3 Å². The quantitative estimate of drug-likeness (QED) is 0.534. The van der Waals surface area contributed by atoms with E-state index in [0.29, 0.717) is 0 Å². The molecule has 0 aromatic rings. The first-order valence-corrected chi connectivity index (χ1v) is 2.85. The van der Waals surface area contributed by atoms with Gasteiger partial charge in [0, 0.05) is 0 Å². The number of nitrogens with two attached hydrogens (primary N) is 1. The van der Waals surface area contributed by atoms with E-state index in [1.54, 1.807) is 0 Å². The first-order chi connectivity index (χ1) is 4.72. The molecule has 56 valence electrons. The van der Waals surface area contributed by atoms with Crippen LogP contribution < -0.4 is 5.73 Å². The summed E-state index contributed by atoms with van der Waals surface area (Å²) in [4.78, 5) is 10.4. The normalized spacial score (nSPS) is 15.1. The molecule has 1 rings (SSSR count). The third-order valence-corrected chi connectivity index (χ3v) is 1.27. The second kappa shape index (κ2) is 2.70. The van der Waals surface area contributed by atoms with Crippen LogP contribution >= 0.6 is 12.8 Å². The van der Waals surface area contributed by atoms with Crippen LogP contribution in [0, 0.1) is 0 Å². The zero-order chi connectivity index (χ0) is 7.56. The summed E-state index contributed by atoms with van der Waals surface area (Å²) in [5, 5.41) is 0. The molecule has 0 saturated carbocycles. The second-order valence-electron chi connectivity index (χ2n) is 1.53. The van der Waals surface area contributed by atoms with Crippen molar-refractivity contribution in [1.29, 1.82) is 0 Å². The van der Waals surface area contributed by atoms with Crippen molar-refractivity contribution in [3.63, 3.8) is 0 Å². The standard InChI is InChI=1S/C4H6N2O3S/c5-4(7)6(10)3-1-8-2-9-3/h1,10H,2H2,(H2,5,7). The minimum atomic E-state index is -0.708. The molecule has 0 radical (unpaired) electrons. The van der Waals surface area contributed by atoms with Crippen LogP contribution in [0.2, 0.25) is 0 Å². The SMILES string of the molecule is NC(=O)N(S)C1=COCO1. The Labute approximate surface area is 62.9 Å². The maximum absolute atomic E-state index is 10.4. The smallest absolute Gasteiger partial charge is 0.331 e. The van der Waals surface area contributed by atoms with Crippen LogP contribution in [0.3, 0.4) is 0 Å². The van der Waals surface area contributed by atoms with Gasteiger partial charge in [0.15, 0.2) is 0 Å². The van der Waals surface area contributed by atoms with E-state index >= 15 is 0 Å². The van der Waals surface area contributed by atoms with Crippen LogP contribution in [0.1, 0.15) is 0 Å². The van der Waals surface area contributed by atoms with E-state index in [1.165, 1.54) is 6.26 Å². The Morgan fingerprint density at radius 3 is 3.00 bits per heavy atom. The van der Waals surface area contributed by atoms with Gasteiger partial charge in [-0.05, 0) is 0 Å². The van der Waals surface area contributed by atoms with E-state index in [9.17, 15) is 4.79 Å². The second-order valence-corrected chi connectivity index (χ2v) is 1.93. The summed E-state index contributed by atoms with van der Waals surface area (Å²) in [6, 6.07) is -0.708. The lowest BCUT2D eigenvalue weighted by Crippen LogP contribution is -2.27. The number of urea groups is 1. The molecule has 10 heavy (non-hydrogen) atoms. The van der Waals surface area contributed by atoms with E-state index in [-0.39, 0.29) is 12.7 Å². The largest absolute Gasteiger partial charge is 0.459 e. The summed E-state index contributed by atoms with van der Waals surface area (Å²) in [6.07, 6.45) is 1.26. The van der Waals surface area contributed by atoms with Gasteiger partial charge in [-0.25, -0.2) is 9.10 Å². The maximum atomic E-state index is 10.4. The molecule has 0 fully saturated rings. The molecule has 0 unspecified atom stereocenters. The molecule has 0 atom stereocenters. The Morgan fingerprint density at radius 1 is 1.90 bits per heavy atom. The lowest BCUT2D eigenvalue weighted by molar-refractivity contribution is 0.0680. The number of ether oxygens (including phenoxy) is 2. The van der Waals surface area contributed by atoms with Gasteiger partial charge in [-0.15, -0.1) is 0 Å². The molecule has 2 amide bonds. The minimum absolute atomic E-state index is 0.0969. The third kappa shape index (κ3) is 1.27. The van der Waals surface area contributed by atoms with Gasteiger partial charge in [-0.2, -0.15) is 0 Å². The fourth-order valence-electron chi connectivity index (χ4n) is 0.453. The fraction of sp³-hybridized carbons (Fsp3) is 0.250. The Hall–Kier alpha value is -1.04. The molecule has 0 aromatic heterocycles. The van der Waals surface area contributed by atoms with Crippen molar-refractivity contribution in [3.05, 3.63) is 12.1 Å². The molecule has 1 heterocycles. The molecule has 6 heteroatoms. The van der Waals surface area contributed by atoms with Crippen molar-refractivity contribution in [2.75, 3.05) is 6.79 Å². The van der Waals surface area contributed by atoms with Crippen LogP contribution in [-0.4, -0.2) is 17.1 Å². The average molecular weight is 162 g/mol.